The Bertz CT molecular complexity index is 912. The SMILES string of the molecule is CC(C)(C)c1nnc2ccc(NCC3CCCN(Cc4ccccc4)C3)nn12. The van der Waals surface area contributed by atoms with Crippen LogP contribution in [-0.4, -0.2) is 44.3 Å². The van der Waals surface area contributed by atoms with Gasteiger partial charge in [-0.1, -0.05) is 51.1 Å². The Morgan fingerprint density at radius 2 is 1.89 bits per heavy atom. The summed E-state index contributed by atoms with van der Waals surface area (Å²) in [5.74, 6) is 2.41. The largest absolute Gasteiger partial charge is 0.368 e. The summed E-state index contributed by atoms with van der Waals surface area (Å²) in [6.45, 7) is 10.7. The van der Waals surface area contributed by atoms with E-state index in [1.54, 1.807) is 0 Å². The predicted octanol–water partition coefficient (Wildman–Crippen LogP) is 3.75. The Kier molecular flexibility index (Phi) is 5.31. The number of hydrogen-bond donors (Lipinski definition) is 1. The lowest BCUT2D eigenvalue weighted by atomic mass is 9.96. The highest BCUT2D eigenvalue weighted by Crippen LogP contribution is 2.22. The van der Waals surface area contributed by atoms with Crippen molar-refractivity contribution in [2.75, 3.05) is 25.0 Å². The molecule has 148 valence electrons. The van der Waals surface area contributed by atoms with Crippen LogP contribution in [0.15, 0.2) is 42.5 Å². The van der Waals surface area contributed by atoms with Crippen molar-refractivity contribution in [1.29, 1.82) is 0 Å². The molecule has 1 fully saturated rings. The first-order valence-corrected chi connectivity index (χ1v) is 10.2. The van der Waals surface area contributed by atoms with Gasteiger partial charge in [0.1, 0.15) is 5.82 Å². The van der Waals surface area contributed by atoms with Gasteiger partial charge in [0, 0.05) is 25.0 Å². The van der Waals surface area contributed by atoms with Gasteiger partial charge in [-0.2, -0.15) is 4.52 Å². The lowest BCUT2D eigenvalue weighted by Gasteiger charge is -2.33. The zero-order valence-electron chi connectivity index (χ0n) is 17.1. The summed E-state index contributed by atoms with van der Waals surface area (Å²) in [6.07, 6.45) is 2.52. The molecule has 6 nitrogen and oxygen atoms in total. The van der Waals surface area contributed by atoms with Crippen LogP contribution in [0.1, 0.15) is 45.0 Å². The topological polar surface area (TPSA) is 58.4 Å². The van der Waals surface area contributed by atoms with Crippen LogP contribution in [0.5, 0.6) is 0 Å². The van der Waals surface area contributed by atoms with Crippen LogP contribution in [0.2, 0.25) is 0 Å². The molecule has 0 radical (unpaired) electrons. The van der Waals surface area contributed by atoms with Gasteiger partial charge in [-0.3, -0.25) is 4.90 Å². The molecule has 2 aromatic heterocycles. The molecule has 1 saturated heterocycles. The van der Waals surface area contributed by atoms with E-state index in [9.17, 15) is 0 Å². The molecule has 0 saturated carbocycles. The second-order valence-electron chi connectivity index (χ2n) is 8.87. The van der Waals surface area contributed by atoms with Crippen LogP contribution < -0.4 is 5.32 Å². The lowest BCUT2D eigenvalue weighted by Crippen LogP contribution is -2.37. The average Bonchev–Trinajstić information content (AvgIpc) is 3.11. The summed E-state index contributed by atoms with van der Waals surface area (Å²) < 4.78 is 1.87. The van der Waals surface area contributed by atoms with Crippen LogP contribution in [-0.2, 0) is 12.0 Å². The highest BCUT2D eigenvalue weighted by molar-refractivity contribution is 5.44. The van der Waals surface area contributed by atoms with Crippen molar-refractivity contribution in [3.05, 3.63) is 53.9 Å². The van der Waals surface area contributed by atoms with Gasteiger partial charge in [-0.05, 0) is 43.0 Å². The van der Waals surface area contributed by atoms with Gasteiger partial charge in [0.15, 0.2) is 11.5 Å². The van der Waals surface area contributed by atoms with Crippen LogP contribution in [0, 0.1) is 5.92 Å². The zero-order valence-corrected chi connectivity index (χ0v) is 17.1. The molecule has 28 heavy (non-hydrogen) atoms. The van der Waals surface area contributed by atoms with Crippen molar-refractivity contribution in [3.63, 3.8) is 0 Å². The molecule has 3 aromatic rings. The number of nitrogens with one attached hydrogen (secondary N) is 1. The maximum Gasteiger partial charge on any atom is 0.178 e. The van der Waals surface area contributed by atoms with E-state index in [1.807, 2.05) is 16.6 Å². The van der Waals surface area contributed by atoms with Crippen molar-refractivity contribution >= 4 is 11.5 Å². The second kappa shape index (κ2) is 7.87. The monoisotopic (exact) mass is 378 g/mol. The van der Waals surface area contributed by atoms with E-state index in [2.05, 4.69) is 71.5 Å². The number of rotatable bonds is 5. The number of anilines is 1. The smallest absolute Gasteiger partial charge is 0.178 e. The van der Waals surface area contributed by atoms with Crippen LogP contribution >= 0.6 is 0 Å². The zero-order chi connectivity index (χ0) is 19.6. The van der Waals surface area contributed by atoms with Crippen LogP contribution in [0.3, 0.4) is 0 Å². The second-order valence-corrected chi connectivity index (χ2v) is 8.87. The Balaban J connectivity index is 1.38. The maximum atomic E-state index is 4.74. The molecule has 1 aliphatic rings. The van der Waals surface area contributed by atoms with E-state index in [4.69, 9.17) is 5.10 Å². The number of aromatic nitrogens is 4. The van der Waals surface area contributed by atoms with Gasteiger partial charge in [-0.25, -0.2) is 0 Å². The standard InChI is InChI=1S/C22H30N6/c1-22(2,3)21-25-24-20-12-11-19(26-28(20)21)23-14-18-10-7-13-27(16-18)15-17-8-5-4-6-9-17/h4-6,8-9,11-12,18H,7,10,13-16H2,1-3H3,(H,23,26). The number of piperidine rings is 1. The lowest BCUT2D eigenvalue weighted by molar-refractivity contribution is 0.173. The van der Waals surface area contributed by atoms with Crippen molar-refractivity contribution in [2.45, 2.75) is 45.6 Å². The van der Waals surface area contributed by atoms with E-state index in [1.165, 1.54) is 24.9 Å². The van der Waals surface area contributed by atoms with Gasteiger partial charge >= 0.3 is 0 Å². The molecular weight excluding hydrogens is 348 g/mol. The maximum absolute atomic E-state index is 4.74. The number of hydrogen-bond acceptors (Lipinski definition) is 5. The fourth-order valence-electron chi connectivity index (χ4n) is 3.90. The van der Waals surface area contributed by atoms with E-state index < -0.39 is 0 Å². The Morgan fingerprint density at radius 3 is 2.68 bits per heavy atom. The van der Waals surface area contributed by atoms with Crippen molar-refractivity contribution < 1.29 is 0 Å². The van der Waals surface area contributed by atoms with Crippen LogP contribution in [0.25, 0.3) is 5.65 Å². The van der Waals surface area contributed by atoms with Gasteiger partial charge in [0.05, 0.1) is 0 Å². The number of nitrogens with zero attached hydrogens (tertiary/aromatic N) is 5. The molecule has 1 aliphatic heterocycles. The first kappa shape index (κ1) is 18.9. The van der Waals surface area contributed by atoms with Gasteiger partial charge in [0.2, 0.25) is 0 Å². The average molecular weight is 379 g/mol. The van der Waals surface area contributed by atoms with E-state index >= 15 is 0 Å². The summed E-state index contributed by atoms with van der Waals surface area (Å²) in [4.78, 5) is 2.57. The highest BCUT2D eigenvalue weighted by Gasteiger charge is 2.23. The summed E-state index contributed by atoms with van der Waals surface area (Å²) in [5, 5.41) is 16.9. The fourth-order valence-corrected chi connectivity index (χ4v) is 3.90. The summed E-state index contributed by atoms with van der Waals surface area (Å²) in [5.41, 5.74) is 2.10. The molecule has 0 amide bonds. The molecule has 0 bridgehead atoms. The Labute approximate surface area is 167 Å². The Hall–Kier alpha value is -2.47. The minimum absolute atomic E-state index is 0.0909. The summed E-state index contributed by atoms with van der Waals surface area (Å²) in [7, 11) is 0. The van der Waals surface area contributed by atoms with Gasteiger partial charge in [0.25, 0.3) is 0 Å². The quantitative estimate of drug-likeness (QED) is 0.733. The third-order valence-corrected chi connectivity index (χ3v) is 5.36. The van der Waals surface area contributed by atoms with Crippen LogP contribution in [0.4, 0.5) is 5.82 Å². The van der Waals surface area contributed by atoms with Crippen molar-refractivity contribution in [3.8, 4) is 0 Å². The third-order valence-electron chi connectivity index (χ3n) is 5.36. The molecule has 6 heteroatoms. The van der Waals surface area contributed by atoms with Gasteiger partial charge in [-0.15, -0.1) is 15.3 Å². The summed E-state index contributed by atoms with van der Waals surface area (Å²) in [6, 6.07) is 14.7. The Morgan fingerprint density at radius 1 is 1.07 bits per heavy atom. The van der Waals surface area contributed by atoms with Crippen molar-refractivity contribution in [2.24, 2.45) is 5.92 Å². The minimum atomic E-state index is -0.0909. The minimum Gasteiger partial charge on any atom is -0.368 e. The predicted molar refractivity (Wildman–Crippen MR) is 112 cm³/mol. The molecule has 1 N–H and O–H groups in total. The molecule has 1 unspecified atom stereocenters. The third kappa shape index (κ3) is 4.33. The fraction of sp³-hybridized carbons (Fsp3) is 0.500. The highest BCUT2D eigenvalue weighted by atomic mass is 15.4. The number of fused-ring (bicyclic) bond motifs is 1. The first-order valence-electron chi connectivity index (χ1n) is 10.2. The number of benzene rings is 1. The summed E-state index contributed by atoms with van der Waals surface area (Å²) >= 11 is 0. The van der Waals surface area contributed by atoms with E-state index in [0.29, 0.717) is 5.92 Å². The first-order chi connectivity index (χ1) is 13.5. The van der Waals surface area contributed by atoms with E-state index in [0.717, 1.165) is 36.9 Å². The molecule has 3 heterocycles. The van der Waals surface area contributed by atoms with E-state index in [-0.39, 0.29) is 5.41 Å². The number of likely N-dealkylation sites (tertiary alicyclic amines) is 1. The molecule has 0 aliphatic carbocycles. The molecular formula is C22H30N6. The molecule has 0 spiro atoms. The normalized spacial score (nSPS) is 18.5. The molecule has 4 rings (SSSR count). The van der Waals surface area contributed by atoms with Gasteiger partial charge < -0.3 is 5.32 Å². The molecule has 1 atom stereocenters. The van der Waals surface area contributed by atoms with Crippen molar-refractivity contribution in [1.82, 2.24) is 24.7 Å². The molecule has 1 aromatic carbocycles.